The van der Waals surface area contributed by atoms with Crippen molar-refractivity contribution in [1.29, 1.82) is 0 Å². The molecule has 1 heterocycles. The molecule has 0 bridgehead atoms. The number of nitrogens with one attached hydrogen (secondary N) is 1. The van der Waals surface area contributed by atoms with E-state index in [4.69, 9.17) is 15.3 Å². The van der Waals surface area contributed by atoms with E-state index in [-0.39, 0.29) is 6.04 Å². The summed E-state index contributed by atoms with van der Waals surface area (Å²) in [4.78, 5) is 0. The van der Waals surface area contributed by atoms with Gasteiger partial charge in [0, 0.05) is 25.7 Å². The number of ether oxygens (including phenoxy) is 2. The van der Waals surface area contributed by atoms with Gasteiger partial charge in [-0.3, -0.25) is 11.3 Å². The zero-order valence-electron chi connectivity index (χ0n) is 7.75. The van der Waals surface area contributed by atoms with E-state index in [1.807, 2.05) is 0 Å². The highest BCUT2D eigenvalue weighted by Gasteiger charge is 2.30. The molecule has 1 saturated heterocycles. The Morgan fingerprint density at radius 2 is 2.50 bits per heavy atom. The fourth-order valence-corrected chi connectivity index (χ4v) is 1.75. The molecular weight excluding hydrogens is 156 g/mol. The molecule has 3 N–H and O–H groups in total. The topological polar surface area (TPSA) is 56.5 Å². The summed E-state index contributed by atoms with van der Waals surface area (Å²) < 4.78 is 10.5. The lowest BCUT2D eigenvalue weighted by molar-refractivity contribution is 0.0746. The van der Waals surface area contributed by atoms with Crippen molar-refractivity contribution in [3.8, 4) is 0 Å². The van der Waals surface area contributed by atoms with E-state index in [0.29, 0.717) is 18.6 Å². The largest absolute Gasteiger partial charge is 0.383 e. The fourth-order valence-electron chi connectivity index (χ4n) is 1.75. The highest BCUT2D eigenvalue weighted by atomic mass is 16.5. The minimum absolute atomic E-state index is 0.215. The molecule has 72 valence electrons. The predicted octanol–water partition coefficient (Wildman–Crippen LogP) is -0.110. The lowest BCUT2D eigenvalue weighted by Crippen LogP contribution is -2.46. The molecule has 1 rings (SSSR count). The van der Waals surface area contributed by atoms with Gasteiger partial charge in [0.15, 0.2) is 0 Å². The molecule has 3 atom stereocenters. The summed E-state index contributed by atoms with van der Waals surface area (Å²) in [6.07, 6.45) is 1.36. The van der Waals surface area contributed by atoms with Crippen LogP contribution < -0.4 is 11.3 Å². The first kappa shape index (κ1) is 9.92. The van der Waals surface area contributed by atoms with Gasteiger partial charge in [-0.15, -0.1) is 0 Å². The lowest BCUT2D eigenvalue weighted by Gasteiger charge is -2.24. The average molecular weight is 174 g/mol. The van der Waals surface area contributed by atoms with Crippen LogP contribution in [0.5, 0.6) is 0 Å². The van der Waals surface area contributed by atoms with E-state index in [1.165, 1.54) is 0 Å². The van der Waals surface area contributed by atoms with Crippen LogP contribution in [0, 0.1) is 5.92 Å². The van der Waals surface area contributed by atoms with Gasteiger partial charge < -0.3 is 9.47 Å². The molecule has 0 saturated carbocycles. The van der Waals surface area contributed by atoms with Gasteiger partial charge in [-0.25, -0.2) is 0 Å². The van der Waals surface area contributed by atoms with Crippen molar-refractivity contribution >= 4 is 0 Å². The number of hydrazine groups is 1. The maximum atomic E-state index is 5.44. The molecule has 1 aliphatic heterocycles. The zero-order valence-corrected chi connectivity index (χ0v) is 7.75. The van der Waals surface area contributed by atoms with Gasteiger partial charge in [-0.2, -0.15) is 0 Å². The van der Waals surface area contributed by atoms with Crippen LogP contribution >= 0.6 is 0 Å². The van der Waals surface area contributed by atoms with Gasteiger partial charge in [-0.05, 0) is 13.3 Å². The third-order valence-electron chi connectivity index (χ3n) is 2.51. The summed E-state index contributed by atoms with van der Waals surface area (Å²) in [7, 11) is 1.69. The Morgan fingerprint density at radius 1 is 1.75 bits per heavy atom. The lowest BCUT2D eigenvalue weighted by atomic mass is 9.94. The number of rotatable bonds is 4. The summed E-state index contributed by atoms with van der Waals surface area (Å²) in [6.45, 7) is 3.57. The Morgan fingerprint density at radius 3 is 2.92 bits per heavy atom. The van der Waals surface area contributed by atoms with E-state index in [1.54, 1.807) is 7.11 Å². The van der Waals surface area contributed by atoms with Crippen molar-refractivity contribution in [2.75, 3.05) is 20.3 Å². The van der Waals surface area contributed by atoms with Crippen molar-refractivity contribution in [3.05, 3.63) is 0 Å². The minimum Gasteiger partial charge on any atom is -0.383 e. The zero-order chi connectivity index (χ0) is 8.97. The van der Waals surface area contributed by atoms with Crippen LogP contribution in [-0.4, -0.2) is 32.5 Å². The predicted molar refractivity (Wildman–Crippen MR) is 46.5 cm³/mol. The molecule has 0 amide bonds. The van der Waals surface area contributed by atoms with Gasteiger partial charge in [0.2, 0.25) is 0 Å². The quantitative estimate of drug-likeness (QED) is 0.461. The van der Waals surface area contributed by atoms with E-state index in [0.717, 1.165) is 13.0 Å². The van der Waals surface area contributed by atoms with E-state index in [2.05, 4.69) is 12.3 Å². The van der Waals surface area contributed by atoms with Gasteiger partial charge >= 0.3 is 0 Å². The molecule has 1 fully saturated rings. The number of nitrogens with two attached hydrogens (primary N) is 1. The molecule has 0 aromatic carbocycles. The highest BCUT2D eigenvalue weighted by Crippen LogP contribution is 2.23. The van der Waals surface area contributed by atoms with Crippen LogP contribution in [0.1, 0.15) is 13.3 Å². The molecule has 0 aliphatic carbocycles. The third kappa shape index (κ3) is 2.17. The molecule has 12 heavy (non-hydrogen) atoms. The molecule has 1 aliphatic rings. The first-order chi connectivity index (χ1) is 5.79. The summed E-state index contributed by atoms with van der Waals surface area (Å²) in [5, 5.41) is 0. The Bertz CT molecular complexity index is 132. The second kappa shape index (κ2) is 4.77. The molecule has 4 heteroatoms. The molecule has 0 aromatic heterocycles. The second-order valence-corrected chi connectivity index (χ2v) is 3.26. The molecule has 0 spiro atoms. The van der Waals surface area contributed by atoms with Crippen LogP contribution in [-0.2, 0) is 9.47 Å². The summed E-state index contributed by atoms with van der Waals surface area (Å²) in [6, 6.07) is 0.215. The summed E-state index contributed by atoms with van der Waals surface area (Å²) >= 11 is 0. The summed E-state index contributed by atoms with van der Waals surface area (Å²) in [5.41, 5.74) is 2.77. The average Bonchev–Trinajstić information content (AvgIpc) is 2.47. The van der Waals surface area contributed by atoms with Crippen molar-refractivity contribution in [1.82, 2.24) is 5.43 Å². The highest BCUT2D eigenvalue weighted by molar-refractivity contribution is 4.82. The van der Waals surface area contributed by atoms with Crippen molar-refractivity contribution < 1.29 is 9.47 Å². The second-order valence-electron chi connectivity index (χ2n) is 3.26. The Hall–Kier alpha value is -0.160. The number of hydrogen-bond acceptors (Lipinski definition) is 4. The maximum Gasteiger partial charge on any atom is 0.0633 e. The van der Waals surface area contributed by atoms with Gasteiger partial charge in [0.25, 0.3) is 0 Å². The Kier molecular flexibility index (Phi) is 3.94. The minimum atomic E-state index is 0.215. The number of hydrogen-bond donors (Lipinski definition) is 2. The molecular formula is C8H18N2O2. The first-order valence-electron chi connectivity index (χ1n) is 4.36. The smallest absolute Gasteiger partial charge is 0.0633 e. The Labute approximate surface area is 73.4 Å². The van der Waals surface area contributed by atoms with Crippen molar-refractivity contribution in [2.45, 2.75) is 25.5 Å². The fraction of sp³-hybridized carbons (Fsp3) is 1.00. The van der Waals surface area contributed by atoms with E-state index >= 15 is 0 Å². The summed E-state index contributed by atoms with van der Waals surface area (Å²) in [5.74, 6) is 5.90. The molecule has 4 nitrogen and oxygen atoms in total. The SMILES string of the molecule is COCC(NN)C1CCOC1C. The third-order valence-corrected chi connectivity index (χ3v) is 2.51. The van der Waals surface area contributed by atoms with Crippen LogP contribution in [0.4, 0.5) is 0 Å². The van der Waals surface area contributed by atoms with Gasteiger partial charge in [0.05, 0.1) is 12.7 Å². The van der Waals surface area contributed by atoms with E-state index in [9.17, 15) is 0 Å². The van der Waals surface area contributed by atoms with Crippen LogP contribution in [0.2, 0.25) is 0 Å². The van der Waals surface area contributed by atoms with E-state index < -0.39 is 0 Å². The van der Waals surface area contributed by atoms with Crippen molar-refractivity contribution in [3.63, 3.8) is 0 Å². The van der Waals surface area contributed by atoms with Crippen molar-refractivity contribution in [2.24, 2.45) is 11.8 Å². The van der Waals surface area contributed by atoms with Gasteiger partial charge in [-0.1, -0.05) is 0 Å². The molecule has 3 unspecified atom stereocenters. The molecule has 0 radical (unpaired) electrons. The Balaban J connectivity index is 2.41. The molecule has 0 aromatic rings. The van der Waals surface area contributed by atoms with Crippen LogP contribution in [0.3, 0.4) is 0 Å². The van der Waals surface area contributed by atoms with Gasteiger partial charge in [0.1, 0.15) is 0 Å². The van der Waals surface area contributed by atoms with Crippen LogP contribution in [0.25, 0.3) is 0 Å². The maximum absolute atomic E-state index is 5.44. The normalized spacial score (nSPS) is 32.2. The first-order valence-corrected chi connectivity index (χ1v) is 4.36. The van der Waals surface area contributed by atoms with Crippen LogP contribution in [0.15, 0.2) is 0 Å². The monoisotopic (exact) mass is 174 g/mol. The number of methoxy groups -OCH3 is 1. The standard InChI is InChI=1S/C8H18N2O2/c1-6-7(3-4-12-6)8(10-9)5-11-2/h6-8,10H,3-5,9H2,1-2H3.